The summed E-state index contributed by atoms with van der Waals surface area (Å²) < 4.78 is 20.8. The molecule has 1 aliphatic heterocycles. The van der Waals surface area contributed by atoms with Gasteiger partial charge in [-0.3, -0.25) is 0 Å². The highest BCUT2D eigenvalue weighted by Crippen LogP contribution is 2.36. The maximum absolute atomic E-state index is 11.0. The highest BCUT2D eigenvalue weighted by molar-refractivity contribution is 5.70. The standard InChI is InChI=1S/C13H16O5/c1-15-11-5-6-17-12-4-3-9(7-10(11)12)18-8-13(14)16-2/h3-4,7,11H,5-6,8H2,1-2H3. The van der Waals surface area contributed by atoms with Gasteiger partial charge in [0.25, 0.3) is 0 Å². The summed E-state index contributed by atoms with van der Waals surface area (Å²) in [6, 6.07) is 5.43. The number of rotatable bonds is 4. The van der Waals surface area contributed by atoms with Crippen molar-refractivity contribution in [3.8, 4) is 11.5 Å². The molecule has 0 saturated carbocycles. The van der Waals surface area contributed by atoms with Gasteiger partial charge < -0.3 is 18.9 Å². The number of esters is 1. The molecule has 5 nitrogen and oxygen atoms in total. The first kappa shape index (κ1) is 12.7. The van der Waals surface area contributed by atoms with E-state index in [0.717, 1.165) is 17.7 Å². The van der Waals surface area contributed by atoms with Crippen LogP contribution in [-0.2, 0) is 14.3 Å². The molecule has 98 valence electrons. The lowest BCUT2D eigenvalue weighted by atomic mass is 10.0. The number of fused-ring (bicyclic) bond motifs is 1. The van der Waals surface area contributed by atoms with Crippen LogP contribution in [0, 0.1) is 0 Å². The van der Waals surface area contributed by atoms with Crippen LogP contribution in [0.1, 0.15) is 18.1 Å². The fourth-order valence-corrected chi connectivity index (χ4v) is 1.88. The minimum Gasteiger partial charge on any atom is -0.493 e. The van der Waals surface area contributed by atoms with Gasteiger partial charge in [0.15, 0.2) is 6.61 Å². The molecular formula is C13H16O5. The lowest BCUT2D eigenvalue weighted by molar-refractivity contribution is -0.142. The molecule has 0 aliphatic carbocycles. The largest absolute Gasteiger partial charge is 0.493 e. The van der Waals surface area contributed by atoms with Crippen LogP contribution in [0.2, 0.25) is 0 Å². The van der Waals surface area contributed by atoms with Crippen molar-refractivity contribution in [3.63, 3.8) is 0 Å². The Morgan fingerprint density at radius 2 is 2.28 bits per heavy atom. The van der Waals surface area contributed by atoms with Crippen LogP contribution in [0.15, 0.2) is 18.2 Å². The molecule has 0 radical (unpaired) electrons. The zero-order chi connectivity index (χ0) is 13.0. The van der Waals surface area contributed by atoms with E-state index in [2.05, 4.69) is 4.74 Å². The minimum absolute atomic E-state index is 0.00965. The van der Waals surface area contributed by atoms with Gasteiger partial charge in [0.1, 0.15) is 11.5 Å². The van der Waals surface area contributed by atoms with E-state index >= 15 is 0 Å². The Hall–Kier alpha value is -1.75. The quantitative estimate of drug-likeness (QED) is 0.763. The van der Waals surface area contributed by atoms with Crippen molar-refractivity contribution in [3.05, 3.63) is 23.8 Å². The molecule has 0 aromatic heterocycles. The van der Waals surface area contributed by atoms with Gasteiger partial charge in [-0.1, -0.05) is 0 Å². The summed E-state index contributed by atoms with van der Waals surface area (Å²) >= 11 is 0. The first-order chi connectivity index (χ1) is 8.74. The Morgan fingerprint density at radius 3 is 3.00 bits per heavy atom. The number of methoxy groups -OCH3 is 2. The third-order valence-electron chi connectivity index (χ3n) is 2.83. The van der Waals surface area contributed by atoms with E-state index in [1.807, 2.05) is 12.1 Å². The molecule has 0 N–H and O–H groups in total. The van der Waals surface area contributed by atoms with E-state index < -0.39 is 5.97 Å². The van der Waals surface area contributed by atoms with Crippen molar-refractivity contribution in [1.82, 2.24) is 0 Å². The molecule has 5 heteroatoms. The molecule has 2 rings (SSSR count). The predicted molar refractivity (Wildman–Crippen MR) is 63.8 cm³/mol. The molecule has 1 aromatic rings. The Kier molecular flexibility index (Phi) is 4.04. The van der Waals surface area contributed by atoms with Crippen molar-refractivity contribution in [1.29, 1.82) is 0 Å². The lowest BCUT2D eigenvalue weighted by Crippen LogP contribution is -2.16. The number of benzene rings is 1. The van der Waals surface area contributed by atoms with E-state index in [0.29, 0.717) is 12.4 Å². The number of hydrogen-bond donors (Lipinski definition) is 0. The fourth-order valence-electron chi connectivity index (χ4n) is 1.88. The van der Waals surface area contributed by atoms with Gasteiger partial charge in [-0.2, -0.15) is 0 Å². The van der Waals surface area contributed by atoms with Gasteiger partial charge in [0, 0.05) is 19.1 Å². The minimum atomic E-state index is -0.410. The summed E-state index contributed by atoms with van der Waals surface area (Å²) in [5.74, 6) is 0.998. The summed E-state index contributed by atoms with van der Waals surface area (Å²) in [5.41, 5.74) is 0.950. The van der Waals surface area contributed by atoms with E-state index in [4.69, 9.17) is 14.2 Å². The third-order valence-corrected chi connectivity index (χ3v) is 2.83. The number of carbonyl (C=O) groups is 1. The SMILES string of the molecule is COC(=O)COc1ccc2c(c1)C(OC)CCO2. The second-order valence-electron chi connectivity index (χ2n) is 3.93. The molecule has 1 aromatic carbocycles. The normalized spacial score (nSPS) is 17.6. The average Bonchev–Trinajstić information content (AvgIpc) is 2.43. The molecule has 1 aliphatic rings. The van der Waals surface area contributed by atoms with Gasteiger partial charge in [-0.05, 0) is 18.2 Å². The molecule has 1 unspecified atom stereocenters. The molecule has 0 saturated heterocycles. The maximum Gasteiger partial charge on any atom is 0.343 e. The van der Waals surface area contributed by atoms with Crippen molar-refractivity contribution in [2.45, 2.75) is 12.5 Å². The molecular weight excluding hydrogens is 236 g/mol. The third kappa shape index (κ3) is 2.73. The van der Waals surface area contributed by atoms with Gasteiger partial charge in [0.2, 0.25) is 0 Å². The Labute approximate surface area is 106 Å². The monoisotopic (exact) mass is 252 g/mol. The number of carbonyl (C=O) groups excluding carboxylic acids is 1. The molecule has 1 heterocycles. The van der Waals surface area contributed by atoms with E-state index in [1.54, 1.807) is 13.2 Å². The first-order valence-electron chi connectivity index (χ1n) is 5.73. The molecule has 18 heavy (non-hydrogen) atoms. The topological polar surface area (TPSA) is 54.0 Å². The Balaban J connectivity index is 2.12. The molecule has 1 atom stereocenters. The molecule has 0 fully saturated rings. The predicted octanol–water partition coefficient (Wildman–Crippen LogP) is 1.71. The van der Waals surface area contributed by atoms with Crippen LogP contribution in [-0.4, -0.2) is 33.4 Å². The van der Waals surface area contributed by atoms with E-state index in [-0.39, 0.29) is 12.7 Å². The van der Waals surface area contributed by atoms with E-state index in [9.17, 15) is 4.79 Å². The summed E-state index contributed by atoms with van der Waals surface area (Å²) in [4.78, 5) is 11.0. The summed E-state index contributed by atoms with van der Waals surface area (Å²) in [6.07, 6.45) is 0.819. The van der Waals surface area contributed by atoms with Crippen LogP contribution in [0.5, 0.6) is 11.5 Å². The van der Waals surface area contributed by atoms with Crippen LogP contribution < -0.4 is 9.47 Å². The maximum atomic E-state index is 11.0. The smallest absolute Gasteiger partial charge is 0.343 e. The van der Waals surface area contributed by atoms with Crippen LogP contribution in [0.3, 0.4) is 0 Å². The van der Waals surface area contributed by atoms with Crippen molar-refractivity contribution in [2.75, 3.05) is 27.4 Å². The Morgan fingerprint density at radius 1 is 1.44 bits per heavy atom. The van der Waals surface area contributed by atoms with Gasteiger partial charge >= 0.3 is 5.97 Å². The van der Waals surface area contributed by atoms with Crippen LogP contribution >= 0.6 is 0 Å². The fraction of sp³-hybridized carbons (Fsp3) is 0.462. The molecule has 0 bridgehead atoms. The van der Waals surface area contributed by atoms with Crippen molar-refractivity contribution < 1.29 is 23.7 Å². The Bertz CT molecular complexity index is 429. The molecule has 0 spiro atoms. The zero-order valence-corrected chi connectivity index (χ0v) is 10.5. The highest BCUT2D eigenvalue weighted by Gasteiger charge is 2.21. The zero-order valence-electron chi connectivity index (χ0n) is 10.5. The second-order valence-corrected chi connectivity index (χ2v) is 3.93. The average molecular weight is 252 g/mol. The summed E-state index contributed by atoms with van der Waals surface area (Å²) in [5, 5.41) is 0. The summed E-state index contributed by atoms with van der Waals surface area (Å²) in [6.45, 7) is 0.543. The van der Waals surface area contributed by atoms with Crippen LogP contribution in [0.25, 0.3) is 0 Å². The van der Waals surface area contributed by atoms with Crippen molar-refractivity contribution in [2.24, 2.45) is 0 Å². The van der Waals surface area contributed by atoms with Crippen LogP contribution in [0.4, 0.5) is 0 Å². The van der Waals surface area contributed by atoms with Crippen molar-refractivity contribution >= 4 is 5.97 Å². The van der Waals surface area contributed by atoms with Gasteiger partial charge in [-0.25, -0.2) is 4.79 Å². The number of hydrogen-bond acceptors (Lipinski definition) is 5. The van der Waals surface area contributed by atoms with E-state index in [1.165, 1.54) is 7.11 Å². The first-order valence-corrected chi connectivity index (χ1v) is 5.73. The number of ether oxygens (including phenoxy) is 4. The molecule has 0 amide bonds. The summed E-state index contributed by atoms with van der Waals surface area (Å²) in [7, 11) is 3.00. The second kappa shape index (κ2) is 5.73. The van der Waals surface area contributed by atoms with Gasteiger partial charge in [0.05, 0.1) is 19.8 Å². The lowest BCUT2D eigenvalue weighted by Gasteiger charge is -2.25. The van der Waals surface area contributed by atoms with Gasteiger partial charge in [-0.15, -0.1) is 0 Å². The highest BCUT2D eigenvalue weighted by atomic mass is 16.6.